The van der Waals surface area contributed by atoms with Gasteiger partial charge in [0.25, 0.3) is 0 Å². The van der Waals surface area contributed by atoms with Gasteiger partial charge in [-0.3, -0.25) is 0 Å². The number of rotatable bonds is 7. The molecule has 5 unspecified atom stereocenters. The fourth-order valence-electron chi connectivity index (χ4n) is 5.69. The Morgan fingerprint density at radius 1 is 1.09 bits per heavy atom. The molecule has 0 aliphatic heterocycles. The highest BCUT2D eigenvalue weighted by atomic mass is 19.1. The van der Waals surface area contributed by atoms with Crippen LogP contribution in [-0.2, 0) is 0 Å². The van der Waals surface area contributed by atoms with E-state index in [2.05, 4.69) is 27.7 Å². The van der Waals surface area contributed by atoms with Crippen molar-refractivity contribution in [1.82, 2.24) is 0 Å². The maximum atomic E-state index is 15.3. The van der Waals surface area contributed by atoms with Gasteiger partial charge in [-0.05, 0) is 48.9 Å². The van der Waals surface area contributed by atoms with E-state index in [0.29, 0.717) is 11.8 Å². The minimum Gasteiger partial charge on any atom is -0.243 e. The fraction of sp³-hybridized carbons (Fsp3) is 0.909. The smallest absolute Gasteiger partial charge is 0.122 e. The van der Waals surface area contributed by atoms with Crippen molar-refractivity contribution < 1.29 is 4.39 Å². The molecule has 0 spiro atoms. The lowest BCUT2D eigenvalue weighted by molar-refractivity contribution is 0.00666. The molecule has 2 aliphatic rings. The van der Waals surface area contributed by atoms with Crippen molar-refractivity contribution in [3.8, 4) is 0 Å². The van der Waals surface area contributed by atoms with Crippen LogP contribution in [-0.4, -0.2) is 6.17 Å². The van der Waals surface area contributed by atoms with Gasteiger partial charge in [-0.1, -0.05) is 78.4 Å². The predicted octanol–water partition coefficient (Wildman–Crippen LogP) is 7.20. The maximum Gasteiger partial charge on any atom is 0.122 e. The molecule has 0 amide bonds. The molecule has 2 saturated carbocycles. The molecule has 5 atom stereocenters. The monoisotopic (exact) mass is 322 g/mol. The van der Waals surface area contributed by atoms with Crippen molar-refractivity contribution in [2.24, 2.45) is 35.0 Å². The Kier molecular flexibility index (Phi) is 6.75. The third-order valence-corrected chi connectivity index (χ3v) is 7.16. The van der Waals surface area contributed by atoms with Crippen molar-refractivity contribution in [3.05, 3.63) is 12.2 Å². The quantitative estimate of drug-likeness (QED) is 0.435. The van der Waals surface area contributed by atoms with Gasteiger partial charge < -0.3 is 0 Å². The number of halogens is 1. The molecule has 0 aromatic heterocycles. The molecule has 0 aromatic carbocycles. The molecular weight excluding hydrogens is 283 g/mol. The minimum absolute atomic E-state index is 0.231. The number of hydrogen-bond acceptors (Lipinski definition) is 0. The Bertz CT molecular complexity index is 377. The second-order valence-electron chi connectivity index (χ2n) is 9.14. The molecule has 0 aromatic rings. The third-order valence-electron chi connectivity index (χ3n) is 7.16. The number of hydrogen-bond donors (Lipinski definition) is 0. The molecule has 0 heterocycles. The molecule has 2 aliphatic carbocycles. The van der Waals surface area contributed by atoms with Crippen molar-refractivity contribution in [2.75, 3.05) is 0 Å². The molecule has 0 radical (unpaired) electrons. The van der Waals surface area contributed by atoms with Crippen LogP contribution in [0.15, 0.2) is 12.2 Å². The Hall–Kier alpha value is -0.330. The average molecular weight is 323 g/mol. The minimum atomic E-state index is -0.758. The second-order valence-corrected chi connectivity index (χ2v) is 9.14. The summed E-state index contributed by atoms with van der Waals surface area (Å²) in [6.45, 7) is 11.4. The largest absolute Gasteiger partial charge is 0.243 e. The van der Waals surface area contributed by atoms with E-state index in [1.165, 1.54) is 44.9 Å². The molecule has 1 heteroatoms. The van der Waals surface area contributed by atoms with Crippen LogP contribution in [0.4, 0.5) is 4.39 Å². The molecule has 0 N–H and O–H groups in total. The summed E-state index contributed by atoms with van der Waals surface area (Å²) in [5.74, 6) is 2.89. The van der Waals surface area contributed by atoms with Crippen molar-refractivity contribution in [1.29, 1.82) is 0 Å². The molecule has 0 bridgehead atoms. The van der Waals surface area contributed by atoms with E-state index in [1.807, 2.05) is 19.1 Å². The standard InChI is InChI=1S/C22H39F/c1-6-10-19(23)20(18-14-13-16(3)15-18)21(22(4,5)7-2)17-11-8-9-12-17/h6,10,16-21H,7-9,11-15H2,1-5H3/b10-6-. The Labute approximate surface area is 144 Å². The first-order valence-corrected chi connectivity index (χ1v) is 10.2. The number of alkyl halides is 1. The zero-order chi connectivity index (χ0) is 17.0. The zero-order valence-corrected chi connectivity index (χ0v) is 16.2. The van der Waals surface area contributed by atoms with Gasteiger partial charge in [-0.15, -0.1) is 0 Å². The van der Waals surface area contributed by atoms with Crippen LogP contribution in [0.3, 0.4) is 0 Å². The zero-order valence-electron chi connectivity index (χ0n) is 16.2. The van der Waals surface area contributed by atoms with E-state index in [1.54, 1.807) is 0 Å². The van der Waals surface area contributed by atoms with Crippen LogP contribution in [0.2, 0.25) is 0 Å². The van der Waals surface area contributed by atoms with Crippen LogP contribution in [0.5, 0.6) is 0 Å². The van der Waals surface area contributed by atoms with Crippen molar-refractivity contribution in [2.45, 2.75) is 92.2 Å². The van der Waals surface area contributed by atoms with E-state index in [0.717, 1.165) is 18.3 Å². The van der Waals surface area contributed by atoms with Crippen molar-refractivity contribution >= 4 is 0 Å². The molecule has 134 valence electrons. The summed E-state index contributed by atoms with van der Waals surface area (Å²) < 4.78 is 15.3. The van der Waals surface area contributed by atoms with Gasteiger partial charge in [-0.2, -0.15) is 0 Å². The molecule has 23 heavy (non-hydrogen) atoms. The van der Waals surface area contributed by atoms with E-state index < -0.39 is 6.17 Å². The highest BCUT2D eigenvalue weighted by Gasteiger charge is 2.47. The van der Waals surface area contributed by atoms with Crippen LogP contribution in [0.1, 0.15) is 86.0 Å². The summed E-state index contributed by atoms with van der Waals surface area (Å²) in [4.78, 5) is 0. The second kappa shape index (κ2) is 8.17. The fourth-order valence-corrected chi connectivity index (χ4v) is 5.69. The van der Waals surface area contributed by atoms with E-state index >= 15 is 4.39 Å². The molecule has 0 saturated heterocycles. The van der Waals surface area contributed by atoms with Crippen LogP contribution < -0.4 is 0 Å². The average Bonchev–Trinajstić information content (AvgIpc) is 3.16. The third kappa shape index (κ3) is 4.40. The first-order chi connectivity index (χ1) is 10.9. The van der Waals surface area contributed by atoms with Gasteiger partial charge in [0, 0.05) is 5.92 Å². The summed E-state index contributed by atoms with van der Waals surface area (Å²) >= 11 is 0. The van der Waals surface area contributed by atoms with Gasteiger partial charge in [0.15, 0.2) is 0 Å². The van der Waals surface area contributed by atoms with Gasteiger partial charge in [-0.25, -0.2) is 4.39 Å². The predicted molar refractivity (Wildman–Crippen MR) is 99.2 cm³/mol. The molecular formula is C22H39F. The first-order valence-electron chi connectivity index (χ1n) is 10.2. The summed E-state index contributed by atoms with van der Waals surface area (Å²) in [5.41, 5.74) is 0.247. The van der Waals surface area contributed by atoms with E-state index in [9.17, 15) is 0 Å². The van der Waals surface area contributed by atoms with E-state index in [-0.39, 0.29) is 11.3 Å². The van der Waals surface area contributed by atoms with Gasteiger partial charge in [0.05, 0.1) is 0 Å². The lowest BCUT2D eigenvalue weighted by Gasteiger charge is -2.46. The summed E-state index contributed by atoms with van der Waals surface area (Å²) in [5, 5.41) is 0. The Morgan fingerprint density at radius 2 is 1.74 bits per heavy atom. The van der Waals surface area contributed by atoms with E-state index in [4.69, 9.17) is 0 Å². The van der Waals surface area contributed by atoms with Gasteiger partial charge in [0.1, 0.15) is 6.17 Å². The number of allylic oxidation sites excluding steroid dienone is 2. The molecule has 2 rings (SSSR count). The highest BCUT2D eigenvalue weighted by molar-refractivity contribution is 5.01. The van der Waals surface area contributed by atoms with Gasteiger partial charge >= 0.3 is 0 Å². The SMILES string of the molecule is C/C=C\C(F)C(C1CCC(C)C1)C(C1CCCC1)C(C)(C)CC. The molecule has 0 nitrogen and oxygen atoms in total. The highest BCUT2D eigenvalue weighted by Crippen LogP contribution is 2.53. The van der Waals surface area contributed by atoms with Gasteiger partial charge in [0.2, 0.25) is 0 Å². The summed E-state index contributed by atoms with van der Waals surface area (Å²) in [7, 11) is 0. The Balaban J connectivity index is 2.33. The van der Waals surface area contributed by atoms with Crippen molar-refractivity contribution in [3.63, 3.8) is 0 Å². The first kappa shape index (κ1) is 19.0. The Morgan fingerprint density at radius 3 is 2.22 bits per heavy atom. The molecule has 2 fully saturated rings. The van der Waals surface area contributed by atoms with Crippen LogP contribution in [0, 0.1) is 35.0 Å². The van der Waals surface area contributed by atoms with Crippen LogP contribution >= 0.6 is 0 Å². The summed E-state index contributed by atoms with van der Waals surface area (Å²) in [6, 6.07) is 0. The maximum absolute atomic E-state index is 15.3. The normalized spacial score (nSPS) is 30.9. The lowest BCUT2D eigenvalue weighted by atomic mass is 9.59. The topological polar surface area (TPSA) is 0 Å². The summed E-state index contributed by atoms with van der Waals surface area (Å²) in [6.07, 6.45) is 13.3. The lowest BCUT2D eigenvalue weighted by Crippen LogP contribution is -2.42. The van der Waals surface area contributed by atoms with Crippen LogP contribution in [0.25, 0.3) is 0 Å².